The standard InChI is InChI=1S/C26H8Cl4N4/c27-13-5-1-9-17-10(2-6-14(28)19(13)17)24-21-22-25(32-31-23(9)21)11-3-7-15(29)20-16(30)8-4-12(18(11)20)26(22)34-33-24/h1-8H. The van der Waals surface area contributed by atoms with Gasteiger partial charge in [-0.1, -0.05) is 70.7 Å². The van der Waals surface area contributed by atoms with Gasteiger partial charge in [0.2, 0.25) is 0 Å². The molecule has 0 aliphatic heterocycles. The molecule has 0 bridgehead atoms. The van der Waals surface area contributed by atoms with Gasteiger partial charge in [-0.3, -0.25) is 0 Å². The number of nitrogens with zero attached hydrogens (tertiary/aromatic N) is 4. The lowest BCUT2D eigenvalue weighted by Crippen LogP contribution is -1.99. The number of rotatable bonds is 0. The fourth-order valence-corrected chi connectivity index (χ4v) is 6.60. The van der Waals surface area contributed by atoms with Crippen molar-refractivity contribution in [1.29, 1.82) is 0 Å². The lowest BCUT2D eigenvalue weighted by Gasteiger charge is -2.17. The number of aromatic nitrogens is 4. The van der Waals surface area contributed by atoms with E-state index in [0.717, 1.165) is 75.9 Å². The molecule has 0 atom stereocenters. The fraction of sp³-hybridized carbons (Fsp3) is 0. The van der Waals surface area contributed by atoms with E-state index in [1.807, 2.05) is 48.5 Å². The monoisotopic (exact) mass is 516 g/mol. The van der Waals surface area contributed by atoms with Crippen molar-refractivity contribution in [2.45, 2.75) is 0 Å². The van der Waals surface area contributed by atoms with Crippen LogP contribution in [-0.4, -0.2) is 20.4 Å². The average Bonchev–Trinajstić information content (AvgIpc) is 2.84. The minimum absolute atomic E-state index is 0.579. The third kappa shape index (κ3) is 2.14. The quantitative estimate of drug-likeness (QED) is 0.149. The zero-order valence-corrected chi connectivity index (χ0v) is 19.9. The molecule has 0 aliphatic carbocycles. The van der Waals surface area contributed by atoms with Gasteiger partial charge in [0.15, 0.2) is 0 Å². The summed E-state index contributed by atoms with van der Waals surface area (Å²) in [5, 5.41) is 30.0. The Kier molecular flexibility index (Phi) is 3.60. The number of benzene rings is 6. The first-order valence-corrected chi connectivity index (χ1v) is 12.0. The van der Waals surface area contributed by atoms with Gasteiger partial charge in [0.1, 0.15) is 22.1 Å². The van der Waals surface area contributed by atoms with Gasteiger partial charge in [-0.2, -0.15) is 0 Å². The molecule has 0 amide bonds. The van der Waals surface area contributed by atoms with Gasteiger partial charge in [-0.05, 0) is 24.3 Å². The zero-order valence-electron chi connectivity index (χ0n) is 16.9. The highest BCUT2D eigenvalue weighted by atomic mass is 35.5. The molecule has 0 radical (unpaired) electrons. The van der Waals surface area contributed by atoms with Crippen LogP contribution >= 0.6 is 46.4 Å². The van der Waals surface area contributed by atoms with E-state index in [-0.39, 0.29) is 0 Å². The first kappa shape index (κ1) is 19.3. The normalized spacial score (nSPS) is 12.7. The Morgan fingerprint density at radius 1 is 0.324 bits per heavy atom. The van der Waals surface area contributed by atoms with Crippen molar-refractivity contribution >= 4 is 122 Å². The van der Waals surface area contributed by atoms with E-state index in [4.69, 9.17) is 66.8 Å². The molecule has 34 heavy (non-hydrogen) atoms. The summed E-state index contributed by atoms with van der Waals surface area (Å²) in [5.41, 5.74) is 2.96. The molecule has 0 saturated carbocycles. The van der Waals surface area contributed by atoms with Crippen molar-refractivity contribution in [1.82, 2.24) is 20.4 Å². The SMILES string of the molecule is Clc1ccc2c3nnc4c5ccc(Cl)c6c(Cl)ccc(c7nnc(c8ccc(Cl)c1c28)c3c47)c65. The molecule has 4 nitrogen and oxygen atoms in total. The second kappa shape index (κ2) is 6.35. The molecule has 0 spiro atoms. The molecule has 8 rings (SSSR count). The molecule has 160 valence electrons. The van der Waals surface area contributed by atoms with Crippen LogP contribution in [0.2, 0.25) is 20.1 Å². The van der Waals surface area contributed by atoms with E-state index in [9.17, 15) is 0 Å². The van der Waals surface area contributed by atoms with Gasteiger partial charge < -0.3 is 0 Å². The fourth-order valence-electron chi connectivity index (χ4n) is 5.47. The molecule has 2 heterocycles. The summed E-state index contributed by atoms with van der Waals surface area (Å²) in [6.07, 6.45) is 0. The van der Waals surface area contributed by atoms with Crippen molar-refractivity contribution in [2.75, 3.05) is 0 Å². The van der Waals surface area contributed by atoms with Gasteiger partial charge >= 0.3 is 0 Å². The Hall–Kier alpha value is -3.02. The molecule has 0 saturated heterocycles. The largest absolute Gasteiger partial charge is 0.149 e. The van der Waals surface area contributed by atoms with E-state index in [0.29, 0.717) is 20.1 Å². The average molecular weight is 518 g/mol. The summed E-state index contributed by atoms with van der Waals surface area (Å²) in [5.74, 6) is 0. The van der Waals surface area contributed by atoms with Crippen LogP contribution < -0.4 is 0 Å². The number of hydrogen-bond donors (Lipinski definition) is 0. The second-order valence-corrected chi connectivity index (χ2v) is 10.1. The third-order valence-corrected chi connectivity index (χ3v) is 8.10. The molecular weight excluding hydrogens is 510 g/mol. The van der Waals surface area contributed by atoms with Crippen molar-refractivity contribution in [2.24, 2.45) is 0 Å². The Labute approximate surface area is 210 Å². The van der Waals surface area contributed by atoms with Crippen LogP contribution in [0.4, 0.5) is 0 Å². The lowest BCUT2D eigenvalue weighted by atomic mass is 9.91. The van der Waals surface area contributed by atoms with Crippen LogP contribution in [-0.2, 0) is 0 Å². The minimum atomic E-state index is 0.579. The van der Waals surface area contributed by atoms with Crippen molar-refractivity contribution in [3.8, 4) is 0 Å². The minimum Gasteiger partial charge on any atom is -0.149 e. The summed E-state index contributed by atoms with van der Waals surface area (Å²) in [7, 11) is 0. The Morgan fingerprint density at radius 3 is 0.853 bits per heavy atom. The summed E-state index contributed by atoms with van der Waals surface area (Å²) in [6, 6.07) is 15.3. The van der Waals surface area contributed by atoms with E-state index < -0.39 is 0 Å². The molecule has 0 unspecified atom stereocenters. The Bertz CT molecular complexity index is 1880. The highest BCUT2D eigenvalue weighted by Crippen LogP contribution is 2.47. The van der Waals surface area contributed by atoms with Crippen LogP contribution in [0, 0.1) is 0 Å². The van der Waals surface area contributed by atoms with Crippen LogP contribution in [0.3, 0.4) is 0 Å². The number of halogens is 4. The molecule has 0 aliphatic rings. The van der Waals surface area contributed by atoms with Gasteiger partial charge in [0.05, 0.1) is 0 Å². The maximum atomic E-state index is 6.55. The van der Waals surface area contributed by atoms with Crippen LogP contribution in [0.5, 0.6) is 0 Å². The predicted octanol–water partition coefficient (Wildman–Crippen LogP) is 8.83. The first-order valence-electron chi connectivity index (χ1n) is 10.4. The van der Waals surface area contributed by atoms with Crippen molar-refractivity contribution < 1.29 is 0 Å². The highest BCUT2D eigenvalue weighted by Gasteiger charge is 2.24. The van der Waals surface area contributed by atoms with E-state index >= 15 is 0 Å². The molecule has 6 aromatic carbocycles. The smallest absolute Gasteiger partial charge is 0.104 e. The van der Waals surface area contributed by atoms with Crippen LogP contribution in [0.15, 0.2) is 48.5 Å². The summed E-state index contributed by atoms with van der Waals surface area (Å²) in [4.78, 5) is 0. The Balaban J connectivity index is 1.75. The second-order valence-electron chi connectivity index (χ2n) is 8.42. The predicted molar refractivity (Wildman–Crippen MR) is 143 cm³/mol. The van der Waals surface area contributed by atoms with Gasteiger partial charge in [0.25, 0.3) is 0 Å². The number of fused-ring (bicyclic) bond motifs is 4. The molecule has 2 aromatic heterocycles. The topological polar surface area (TPSA) is 51.6 Å². The van der Waals surface area contributed by atoms with Gasteiger partial charge in [-0.15, -0.1) is 20.4 Å². The lowest BCUT2D eigenvalue weighted by molar-refractivity contribution is 1.11. The maximum absolute atomic E-state index is 6.55. The molecule has 0 fully saturated rings. The molecule has 0 N–H and O–H groups in total. The number of hydrogen-bond acceptors (Lipinski definition) is 4. The van der Waals surface area contributed by atoms with Crippen LogP contribution in [0.25, 0.3) is 75.9 Å². The van der Waals surface area contributed by atoms with Gasteiger partial charge in [0, 0.05) is 74.0 Å². The van der Waals surface area contributed by atoms with Crippen LogP contribution in [0.1, 0.15) is 0 Å². The molecule has 8 aromatic rings. The van der Waals surface area contributed by atoms with E-state index in [2.05, 4.69) is 0 Å². The molecule has 8 heteroatoms. The van der Waals surface area contributed by atoms with E-state index in [1.165, 1.54) is 0 Å². The third-order valence-electron chi connectivity index (χ3n) is 6.84. The molecular formula is C26H8Cl4N4. The van der Waals surface area contributed by atoms with E-state index in [1.54, 1.807) is 0 Å². The first-order chi connectivity index (χ1) is 16.5. The summed E-state index contributed by atoms with van der Waals surface area (Å²) in [6.45, 7) is 0. The highest BCUT2D eigenvalue weighted by molar-refractivity contribution is 6.49. The Morgan fingerprint density at radius 2 is 0.588 bits per heavy atom. The zero-order chi connectivity index (χ0) is 22.9. The van der Waals surface area contributed by atoms with Gasteiger partial charge in [-0.25, -0.2) is 0 Å². The summed E-state index contributed by atoms with van der Waals surface area (Å²) >= 11 is 26.2. The van der Waals surface area contributed by atoms with Crippen molar-refractivity contribution in [3.63, 3.8) is 0 Å². The maximum Gasteiger partial charge on any atom is 0.104 e. The van der Waals surface area contributed by atoms with Crippen molar-refractivity contribution in [3.05, 3.63) is 68.6 Å². The summed E-state index contributed by atoms with van der Waals surface area (Å²) < 4.78 is 0.